The number of hydrogen-bond donors (Lipinski definition) is 0. The summed E-state index contributed by atoms with van der Waals surface area (Å²) in [4.78, 5) is 11.8. The summed E-state index contributed by atoms with van der Waals surface area (Å²) in [7, 11) is 0. The molecule has 1 saturated heterocycles. The molecule has 3 heteroatoms. The van der Waals surface area contributed by atoms with E-state index in [0.717, 1.165) is 18.3 Å². The van der Waals surface area contributed by atoms with Crippen molar-refractivity contribution in [1.29, 1.82) is 0 Å². The highest BCUT2D eigenvalue weighted by Crippen LogP contribution is 2.63. The van der Waals surface area contributed by atoms with Crippen molar-refractivity contribution in [3.05, 3.63) is 0 Å². The molecule has 3 rings (SSSR count). The predicted octanol–water partition coefficient (Wildman–Crippen LogP) is 2.16. The molecule has 3 aliphatic rings. The van der Waals surface area contributed by atoms with Gasteiger partial charge in [0.15, 0.2) is 5.78 Å². The van der Waals surface area contributed by atoms with E-state index >= 15 is 0 Å². The highest BCUT2D eigenvalue weighted by atomic mass is 32.2. The second kappa shape index (κ2) is 2.44. The predicted molar refractivity (Wildman–Crippen MR) is 53.5 cm³/mol. The van der Waals surface area contributed by atoms with Gasteiger partial charge in [0.1, 0.15) is 4.08 Å². The van der Waals surface area contributed by atoms with Crippen molar-refractivity contribution < 1.29 is 4.79 Å². The Hall–Kier alpha value is 0.370. The van der Waals surface area contributed by atoms with Crippen LogP contribution in [0.4, 0.5) is 0 Å². The van der Waals surface area contributed by atoms with Crippen LogP contribution >= 0.6 is 23.5 Å². The Bertz CT molecular complexity index is 233. The monoisotopic (exact) mass is 200 g/mol. The topological polar surface area (TPSA) is 17.1 Å². The molecule has 0 aromatic rings. The zero-order valence-corrected chi connectivity index (χ0v) is 8.55. The molecule has 2 atom stereocenters. The summed E-state index contributed by atoms with van der Waals surface area (Å²) in [6.45, 7) is 0. The number of hydrogen-bond acceptors (Lipinski definition) is 3. The fourth-order valence-electron chi connectivity index (χ4n) is 2.70. The molecule has 0 bridgehead atoms. The Kier molecular flexibility index (Phi) is 1.58. The molecule has 66 valence electrons. The summed E-state index contributed by atoms with van der Waals surface area (Å²) in [6, 6.07) is 0. The standard InChI is InChI=1S/C9H12OS2/c10-8-5-6-1-2-7(6)9(8)11-3-4-12-9/h6-7H,1-5H2/t6?,7-/m1/s1. The second-order valence-corrected chi connectivity index (χ2v) is 6.88. The van der Waals surface area contributed by atoms with E-state index in [-0.39, 0.29) is 4.08 Å². The van der Waals surface area contributed by atoms with Crippen molar-refractivity contribution in [2.75, 3.05) is 11.5 Å². The number of ketones is 1. The van der Waals surface area contributed by atoms with Crippen LogP contribution in [0.2, 0.25) is 0 Å². The lowest BCUT2D eigenvalue weighted by molar-refractivity contribution is -0.117. The maximum Gasteiger partial charge on any atom is 0.159 e. The number of Topliss-reactive ketones (excluding diaryl/α,β-unsaturated/α-hetero) is 1. The number of carbonyl (C=O) groups excluding carboxylic acids is 1. The van der Waals surface area contributed by atoms with E-state index in [9.17, 15) is 4.79 Å². The van der Waals surface area contributed by atoms with Crippen molar-refractivity contribution in [3.8, 4) is 0 Å². The average Bonchev–Trinajstić information content (AvgIpc) is 2.52. The van der Waals surface area contributed by atoms with Crippen LogP contribution in [0, 0.1) is 11.8 Å². The van der Waals surface area contributed by atoms with E-state index in [1.165, 1.54) is 24.3 Å². The zero-order valence-electron chi connectivity index (χ0n) is 6.91. The van der Waals surface area contributed by atoms with Crippen LogP contribution in [-0.4, -0.2) is 21.4 Å². The minimum atomic E-state index is 0.0584. The van der Waals surface area contributed by atoms with Gasteiger partial charge in [-0.05, 0) is 24.7 Å². The van der Waals surface area contributed by atoms with E-state index in [4.69, 9.17) is 0 Å². The third-order valence-corrected chi connectivity index (χ3v) is 7.16. The lowest BCUT2D eigenvalue weighted by Gasteiger charge is -2.38. The maximum absolute atomic E-state index is 11.8. The zero-order chi connectivity index (χ0) is 8.18. The van der Waals surface area contributed by atoms with E-state index < -0.39 is 0 Å². The Morgan fingerprint density at radius 3 is 2.50 bits per heavy atom. The van der Waals surface area contributed by atoms with Crippen molar-refractivity contribution in [2.45, 2.75) is 23.3 Å². The molecule has 0 N–H and O–H groups in total. The molecule has 0 aromatic carbocycles. The number of fused-ring (bicyclic) bond motifs is 2. The molecule has 0 amide bonds. The van der Waals surface area contributed by atoms with Crippen molar-refractivity contribution in [2.24, 2.45) is 11.8 Å². The molecule has 1 spiro atoms. The van der Waals surface area contributed by atoms with Gasteiger partial charge >= 0.3 is 0 Å². The van der Waals surface area contributed by atoms with Gasteiger partial charge in [0.2, 0.25) is 0 Å². The molecule has 1 aliphatic heterocycles. The fraction of sp³-hybridized carbons (Fsp3) is 0.889. The molecule has 2 aliphatic carbocycles. The fourth-order valence-corrected chi connectivity index (χ4v) is 6.35. The first-order chi connectivity index (χ1) is 5.83. The number of carbonyl (C=O) groups is 1. The van der Waals surface area contributed by atoms with E-state index in [1.807, 2.05) is 23.5 Å². The minimum Gasteiger partial charge on any atom is -0.297 e. The summed E-state index contributed by atoms with van der Waals surface area (Å²) >= 11 is 3.87. The average molecular weight is 200 g/mol. The maximum atomic E-state index is 11.8. The van der Waals surface area contributed by atoms with E-state index in [0.29, 0.717) is 5.78 Å². The summed E-state index contributed by atoms with van der Waals surface area (Å²) in [5, 5.41) is 0. The first-order valence-electron chi connectivity index (χ1n) is 4.64. The van der Waals surface area contributed by atoms with Crippen LogP contribution in [0.15, 0.2) is 0 Å². The van der Waals surface area contributed by atoms with E-state index in [2.05, 4.69) is 0 Å². The molecule has 3 fully saturated rings. The Morgan fingerprint density at radius 1 is 1.25 bits per heavy atom. The molecular formula is C9H12OS2. The third kappa shape index (κ3) is 0.771. The summed E-state index contributed by atoms with van der Waals surface area (Å²) < 4.78 is 0.0584. The smallest absolute Gasteiger partial charge is 0.159 e. The normalized spacial score (nSPS) is 43.2. The van der Waals surface area contributed by atoms with Gasteiger partial charge in [-0.1, -0.05) is 0 Å². The SMILES string of the molecule is O=C1CC2CC[C@H]2C12SCCS2. The number of thioether (sulfide) groups is 2. The molecule has 0 radical (unpaired) electrons. The van der Waals surface area contributed by atoms with Crippen molar-refractivity contribution >= 4 is 29.3 Å². The van der Waals surface area contributed by atoms with Crippen LogP contribution in [0.5, 0.6) is 0 Å². The summed E-state index contributed by atoms with van der Waals surface area (Å²) in [5.41, 5.74) is 0. The van der Waals surface area contributed by atoms with Crippen LogP contribution < -0.4 is 0 Å². The van der Waals surface area contributed by atoms with Crippen molar-refractivity contribution in [3.63, 3.8) is 0 Å². The molecular weight excluding hydrogens is 188 g/mol. The van der Waals surface area contributed by atoms with Gasteiger partial charge in [-0.25, -0.2) is 0 Å². The molecule has 1 nitrogen and oxygen atoms in total. The van der Waals surface area contributed by atoms with Gasteiger partial charge in [0, 0.05) is 17.9 Å². The highest BCUT2D eigenvalue weighted by molar-refractivity contribution is 8.22. The quantitative estimate of drug-likeness (QED) is 0.596. The Labute approximate surface area is 81.0 Å². The second-order valence-electron chi connectivity index (χ2n) is 3.94. The molecule has 1 unspecified atom stereocenters. The third-order valence-electron chi connectivity index (χ3n) is 3.46. The van der Waals surface area contributed by atoms with Gasteiger partial charge in [0.05, 0.1) is 0 Å². The summed E-state index contributed by atoms with van der Waals surface area (Å²) in [5.74, 6) is 4.47. The lowest BCUT2D eigenvalue weighted by atomic mass is 9.76. The Balaban J connectivity index is 1.96. The van der Waals surface area contributed by atoms with Gasteiger partial charge in [-0.3, -0.25) is 4.79 Å². The van der Waals surface area contributed by atoms with Crippen molar-refractivity contribution in [1.82, 2.24) is 0 Å². The van der Waals surface area contributed by atoms with Gasteiger partial charge in [0.25, 0.3) is 0 Å². The van der Waals surface area contributed by atoms with Gasteiger partial charge < -0.3 is 0 Å². The van der Waals surface area contributed by atoms with Crippen LogP contribution in [0.25, 0.3) is 0 Å². The first kappa shape index (κ1) is 7.74. The highest BCUT2D eigenvalue weighted by Gasteiger charge is 2.60. The molecule has 12 heavy (non-hydrogen) atoms. The van der Waals surface area contributed by atoms with Gasteiger partial charge in [-0.15, -0.1) is 23.5 Å². The van der Waals surface area contributed by atoms with Crippen LogP contribution in [-0.2, 0) is 4.79 Å². The largest absolute Gasteiger partial charge is 0.297 e. The van der Waals surface area contributed by atoms with Crippen LogP contribution in [0.3, 0.4) is 0 Å². The molecule has 1 heterocycles. The molecule has 0 aromatic heterocycles. The van der Waals surface area contributed by atoms with Crippen LogP contribution in [0.1, 0.15) is 19.3 Å². The summed E-state index contributed by atoms with van der Waals surface area (Å²) in [6.07, 6.45) is 3.53. The Morgan fingerprint density at radius 2 is 2.00 bits per heavy atom. The lowest BCUT2D eigenvalue weighted by Crippen LogP contribution is -2.36. The number of rotatable bonds is 0. The first-order valence-corrected chi connectivity index (χ1v) is 6.61. The minimum absolute atomic E-state index is 0.0584. The van der Waals surface area contributed by atoms with E-state index in [1.54, 1.807) is 0 Å². The van der Waals surface area contributed by atoms with Gasteiger partial charge in [-0.2, -0.15) is 0 Å². The molecule has 2 saturated carbocycles.